The van der Waals surface area contributed by atoms with Gasteiger partial charge >= 0.3 is 0 Å². The number of hydrazone groups is 1. The maximum Gasteiger partial charge on any atom is 0.205 e. The minimum Gasteiger partial charge on any atom is -0.378 e. The van der Waals surface area contributed by atoms with Crippen LogP contribution in [0.2, 0.25) is 0 Å². The summed E-state index contributed by atoms with van der Waals surface area (Å²) in [7, 11) is 4.03. The molecule has 0 aliphatic carbocycles. The molecule has 0 bridgehead atoms. The average molecular weight is 364 g/mol. The Hall–Kier alpha value is -3.06. The highest BCUT2D eigenvalue weighted by Crippen LogP contribution is 2.31. The number of thiazole rings is 1. The van der Waals surface area contributed by atoms with E-state index in [2.05, 4.69) is 42.8 Å². The summed E-state index contributed by atoms with van der Waals surface area (Å²) in [6.07, 6.45) is 1.77. The van der Waals surface area contributed by atoms with Gasteiger partial charge in [0.1, 0.15) is 0 Å². The lowest BCUT2D eigenvalue weighted by Gasteiger charge is -2.11. The average Bonchev–Trinajstić information content (AvgIpc) is 3.01. The first-order chi connectivity index (χ1) is 12.6. The first-order valence-electron chi connectivity index (χ1n) is 8.12. The van der Waals surface area contributed by atoms with Crippen molar-refractivity contribution in [3.05, 3.63) is 65.9 Å². The van der Waals surface area contributed by atoms with Gasteiger partial charge in [-0.05, 0) is 36.8 Å². The predicted molar refractivity (Wildman–Crippen MR) is 109 cm³/mol. The van der Waals surface area contributed by atoms with E-state index < -0.39 is 0 Å². The molecule has 0 atom stereocenters. The number of benzene rings is 2. The zero-order valence-corrected chi connectivity index (χ0v) is 15.7. The van der Waals surface area contributed by atoms with Crippen molar-refractivity contribution in [1.82, 2.24) is 4.98 Å². The van der Waals surface area contributed by atoms with E-state index in [1.165, 1.54) is 11.3 Å². The molecule has 0 unspecified atom stereocenters. The van der Waals surface area contributed by atoms with E-state index in [-0.39, 0.29) is 0 Å². The molecular weight excluding hydrogens is 344 g/mol. The van der Waals surface area contributed by atoms with E-state index in [9.17, 15) is 0 Å². The third kappa shape index (κ3) is 4.73. The van der Waals surface area contributed by atoms with Crippen LogP contribution in [-0.4, -0.2) is 25.3 Å². The zero-order chi connectivity index (χ0) is 18.4. The number of hydrogen-bond donors (Lipinski definition) is 1. The van der Waals surface area contributed by atoms with Gasteiger partial charge in [-0.2, -0.15) is 5.10 Å². The number of aromatic nitrogens is 1. The molecule has 1 aromatic heterocycles. The van der Waals surface area contributed by atoms with Gasteiger partial charge in [-0.3, -0.25) is 5.43 Å². The van der Waals surface area contributed by atoms with Crippen LogP contribution in [0.4, 0.5) is 21.5 Å². The van der Waals surface area contributed by atoms with Crippen LogP contribution in [-0.2, 0) is 0 Å². The molecule has 0 spiro atoms. The molecule has 0 radical (unpaired) electrons. The van der Waals surface area contributed by atoms with Gasteiger partial charge in [0.2, 0.25) is 5.13 Å². The fourth-order valence-electron chi connectivity index (χ4n) is 2.15. The molecule has 6 nitrogen and oxygen atoms in total. The van der Waals surface area contributed by atoms with Crippen LogP contribution in [0.1, 0.15) is 11.3 Å². The second-order valence-corrected chi connectivity index (χ2v) is 6.78. The van der Waals surface area contributed by atoms with Crippen LogP contribution in [0.3, 0.4) is 0 Å². The molecule has 0 fully saturated rings. The van der Waals surface area contributed by atoms with Crippen molar-refractivity contribution in [1.29, 1.82) is 0 Å². The van der Waals surface area contributed by atoms with Gasteiger partial charge in [0, 0.05) is 19.8 Å². The fraction of sp³-hybridized carbons (Fsp3) is 0.158. The minimum atomic E-state index is 0.686. The Kier molecular flexibility index (Phi) is 5.70. The molecule has 0 saturated heterocycles. The van der Waals surface area contributed by atoms with Crippen molar-refractivity contribution >= 4 is 39.1 Å². The van der Waals surface area contributed by atoms with Crippen molar-refractivity contribution < 1.29 is 0 Å². The smallest absolute Gasteiger partial charge is 0.205 e. The summed E-state index contributed by atoms with van der Waals surface area (Å²) in [5.74, 6) is 0. The molecule has 0 saturated carbocycles. The monoisotopic (exact) mass is 364 g/mol. The first-order valence-corrected chi connectivity index (χ1v) is 8.94. The van der Waals surface area contributed by atoms with Crippen molar-refractivity contribution in [2.45, 2.75) is 6.92 Å². The highest BCUT2D eigenvalue weighted by Gasteiger charge is 2.06. The normalized spacial score (nSPS) is 11.3. The number of azo groups is 1. The maximum absolute atomic E-state index is 4.42. The maximum atomic E-state index is 4.42. The quantitative estimate of drug-likeness (QED) is 0.363. The van der Waals surface area contributed by atoms with Crippen molar-refractivity contribution in [3.63, 3.8) is 0 Å². The summed E-state index contributed by atoms with van der Waals surface area (Å²) in [5.41, 5.74) is 6.76. The summed E-state index contributed by atoms with van der Waals surface area (Å²) in [5, 5.41) is 14.2. The highest BCUT2D eigenvalue weighted by atomic mass is 32.1. The Bertz CT molecular complexity index is 898. The Morgan fingerprint density at radius 3 is 2.42 bits per heavy atom. The lowest BCUT2D eigenvalue weighted by atomic mass is 10.2. The van der Waals surface area contributed by atoms with E-state index >= 15 is 0 Å². The predicted octanol–water partition coefficient (Wildman–Crippen LogP) is 5.38. The van der Waals surface area contributed by atoms with Gasteiger partial charge in [0.25, 0.3) is 0 Å². The SMILES string of the molecule is Cc1nc(N/N=C\c2ccc(N(C)C)cc2)sc1N=Nc1ccccc1. The van der Waals surface area contributed by atoms with Gasteiger partial charge in [-0.15, -0.1) is 10.2 Å². The van der Waals surface area contributed by atoms with Crippen LogP contribution in [0.15, 0.2) is 69.9 Å². The largest absolute Gasteiger partial charge is 0.378 e. The van der Waals surface area contributed by atoms with Crippen LogP contribution < -0.4 is 10.3 Å². The number of nitrogens with zero attached hydrogens (tertiary/aromatic N) is 5. The molecule has 132 valence electrons. The van der Waals surface area contributed by atoms with E-state index in [4.69, 9.17) is 0 Å². The summed E-state index contributed by atoms with van der Waals surface area (Å²) in [4.78, 5) is 6.48. The highest BCUT2D eigenvalue weighted by molar-refractivity contribution is 7.19. The topological polar surface area (TPSA) is 65.2 Å². The standard InChI is InChI=1S/C19H20N6S/c1-14-18(23-22-16-7-5-4-6-8-16)26-19(21-14)24-20-13-15-9-11-17(12-10-15)25(2)3/h4-13H,1-3H3,(H,21,24)/b20-13-,23-22?. The third-order valence-electron chi connectivity index (χ3n) is 3.57. The van der Waals surface area contributed by atoms with Gasteiger partial charge < -0.3 is 4.90 Å². The minimum absolute atomic E-state index is 0.686. The molecule has 3 rings (SSSR count). The van der Waals surface area contributed by atoms with Gasteiger partial charge in [0.05, 0.1) is 17.6 Å². The van der Waals surface area contributed by atoms with Crippen molar-refractivity contribution in [3.8, 4) is 0 Å². The number of rotatable bonds is 6. The molecular formula is C19H20N6S. The number of hydrogen-bond acceptors (Lipinski definition) is 7. The zero-order valence-electron chi connectivity index (χ0n) is 14.9. The van der Waals surface area contributed by atoms with E-state index in [1.807, 2.05) is 63.5 Å². The lowest BCUT2D eigenvalue weighted by molar-refractivity contribution is 1.13. The Morgan fingerprint density at radius 2 is 1.73 bits per heavy atom. The first kappa shape index (κ1) is 17.8. The second-order valence-electron chi connectivity index (χ2n) is 5.80. The number of nitrogens with one attached hydrogen (secondary N) is 1. The Morgan fingerprint density at radius 1 is 1.00 bits per heavy atom. The Balaban J connectivity index is 1.63. The fourth-order valence-corrected chi connectivity index (χ4v) is 2.89. The number of aryl methyl sites for hydroxylation is 1. The van der Waals surface area contributed by atoms with E-state index in [0.29, 0.717) is 5.13 Å². The van der Waals surface area contributed by atoms with Crippen LogP contribution in [0.25, 0.3) is 0 Å². The molecule has 1 N–H and O–H groups in total. The molecule has 2 aromatic carbocycles. The summed E-state index contributed by atoms with van der Waals surface area (Å²) in [6, 6.07) is 17.8. The third-order valence-corrected chi connectivity index (χ3v) is 4.51. The van der Waals surface area contributed by atoms with Gasteiger partial charge in [-0.1, -0.05) is 41.7 Å². The van der Waals surface area contributed by atoms with Crippen molar-refractivity contribution in [2.24, 2.45) is 15.3 Å². The number of anilines is 2. The molecule has 1 heterocycles. The summed E-state index contributed by atoms with van der Waals surface area (Å²) < 4.78 is 0. The lowest BCUT2D eigenvalue weighted by Crippen LogP contribution is -2.08. The molecule has 0 aliphatic rings. The van der Waals surface area contributed by atoms with Crippen LogP contribution in [0.5, 0.6) is 0 Å². The second kappa shape index (κ2) is 8.35. The molecule has 7 heteroatoms. The van der Waals surface area contributed by atoms with E-state index in [0.717, 1.165) is 27.6 Å². The van der Waals surface area contributed by atoms with E-state index in [1.54, 1.807) is 6.21 Å². The summed E-state index contributed by atoms with van der Waals surface area (Å²) >= 11 is 1.42. The van der Waals surface area contributed by atoms with Gasteiger partial charge in [0.15, 0.2) is 5.00 Å². The van der Waals surface area contributed by atoms with Crippen LogP contribution in [0, 0.1) is 6.92 Å². The van der Waals surface area contributed by atoms with Crippen LogP contribution >= 0.6 is 11.3 Å². The molecule has 26 heavy (non-hydrogen) atoms. The molecule has 3 aromatic rings. The molecule has 0 amide bonds. The van der Waals surface area contributed by atoms with Gasteiger partial charge in [-0.25, -0.2) is 4.98 Å². The van der Waals surface area contributed by atoms with Crippen molar-refractivity contribution in [2.75, 3.05) is 24.4 Å². The summed E-state index contributed by atoms with van der Waals surface area (Å²) in [6.45, 7) is 1.91. The molecule has 0 aliphatic heterocycles. The Labute approximate surface area is 156 Å².